The van der Waals surface area contributed by atoms with Gasteiger partial charge >= 0.3 is 11.8 Å². The monoisotopic (exact) mass is 422 g/mol. The smallest absolute Gasteiger partial charge is 0.418 e. The summed E-state index contributed by atoms with van der Waals surface area (Å²) in [4.78, 5) is 41.1. The molecule has 0 unspecified atom stereocenters. The molecule has 1 aromatic heterocycles. The number of carbonyl (C=O) groups excluding carboxylic acids is 1. The van der Waals surface area contributed by atoms with Gasteiger partial charge in [-0.15, -0.1) is 0 Å². The van der Waals surface area contributed by atoms with Crippen molar-refractivity contribution in [2.24, 2.45) is 0 Å². The van der Waals surface area contributed by atoms with Crippen LogP contribution in [0.1, 0.15) is 5.56 Å². The predicted octanol–water partition coefficient (Wildman–Crippen LogP) is -0.740. The van der Waals surface area contributed by atoms with E-state index >= 15 is 0 Å². The van der Waals surface area contributed by atoms with Crippen molar-refractivity contribution in [3.8, 4) is 0 Å². The zero-order valence-electron chi connectivity index (χ0n) is 15.3. The number of nitrogens with one attached hydrogen (secondary N) is 1. The molecule has 0 spiro atoms. The summed E-state index contributed by atoms with van der Waals surface area (Å²) >= 11 is 0. The zero-order chi connectivity index (χ0) is 21.8. The molecule has 13 heteroatoms. The number of nitro groups is 1. The highest BCUT2D eigenvalue weighted by Gasteiger charge is 2.48. The highest BCUT2D eigenvalue weighted by molar-refractivity contribution is 5.87. The number of aliphatic hydroxyl groups is 3. The molecule has 0 bridgehead atoms. The lowest BCUT2D eigenvalue weighted by atomic mass is 10.1. The first kappa shape index (κ1) is 21.3. The normalized spacial score (nSPS) is 23.2. The number of aromatic nitrogens is 2. The lowest BCUT2D eigenvalue weighted by molar-refractivity contribution is -0.384. The molecule has 13 nitrogen and oxygen atoms in total. The van der Waals surface area contributed by atoms with E-state index in [0.29, 0.717) is 5.56 Å². The van der Waals surface area contributed by atoms with Gasteiger partial charge < -0.3 is 29.8 Å². The lowest BCUT2D eigenvalue weighted by Gasteiger charge is -2.28. The van der Waals surface area contributed by atoms with E-state index in [1.165, 1.54) is 36.5 Å². The number of benzene rings is 1. The Bertz CT molecular complexity index is 964. The fourth-order valence-electron chi connectivity index (χ4n) is 2.84. The van der Waals surface area contributed by atoms with Gasteiger partial charge in [0.2, 0.25) is 0 Å². The fourth-order valence-corrected chi connectivity index (χ4v) is 2.84. The second kappa shape index (κ2) is 8.96. The van der Waals surface area contributed by atoms with Gasteiger partial charge in [0.15, 0.2) is 6.23 Å². The van der Waals surface area contributed by atoms with Gasteiger partial charge in [0, 0.05) is 18.3 Å². The Balaban J connectivity index is 1.82. The predicted molar refractivity (Wildman–Crippen MR) is 98.4 cm³/mol. The van der Waals surface area contributed by atoms with Gasteiger partial charge in [-0.2, -0.15) is 4.98 Å². The molecule has 2 heterocycles. The van der Waals surface area contributed by atoms with Crippen LogP contribution in [-0.2, 0) is 16.1 Å². The highest BCUT2D eigenvalue weighted by Crippen LogP contribution is 2.27. The van der Waals surface area contributed by atoms with E-state index in [2.05, 4.69) is 9.97 Å². The van der Waals surface area contributed by atoms with E-state index in [1.54, 1.807) is 0 Å². The Morgan fingerprint density at radius 1 is 1.27 bits per heavy atom. The molecule has 1 aliphatic rings. The number of hydrogen-bond donors (Lipinski definition) is 4. The average molecular weight is 422 g/mol. The average Bonchev–Trinajstić information content (AvgIpc) is 3.01. The maximum Gasteiger partial charge on any atom is 0.418 e. The second-order valence-corrected chi connectivity index (χ2v) is 6.33. The number of rotatable bonds is 6. The van der Waals surface area contributed by atoms with Crippen LogP contribution in [0, 0.1) is 10.1 Å². The molecule has 1 amide bonds. The summed E-state index contributed by atoms with van der Waals surface area (Å²) < 4.78 is 10.5. The topological polar surface area (TPSA) is 188 Å². The van der Waals surface area contributed by atoms with Gasteiger partial charge in [-0.25, -0.2) is 14.5 Å². The van der Waals surface area contributed by atoms with Gasteiger partial charge in [-0.1, -0.05) is 0 Å². The van der Waals surface area contributed by atoms with Crippen LogP contribution in [0.3, 0.4) is 0 Å². The number of amides is 1. The summed E-state index contributed by atoms with van der Waals surface area (Å²) in [5, 5.41) is 40.2. The lowest BCUT2D eigenvalue weighted by Crippen LogP contribution is -2.48. The first-order valence-corrected chi connectivity index (χ1v) is 8.69. The molecular weight excluding hydrogens is 404 g/mol. The molecule has 1 fully saturated rings. The fraction of sp³-hybridized carbons (Fsp3) is 0.353. The van der Waals surface area contributed by atoms with Crippen molar-refractivity contribution in [2.45, 2.75) is 31.1 Å². The zero-order valence-corrected chi connectivity index (χ0v) is 15.3. The Labute approximate surface area is 168 Å². The van der Waals surface area contributed by atoms with Crippen molar-refractivity contribution in [2.75, 3.05) is 11.5 Å². The van der Waals surface area contributed by atoms with Crippen LogP contribution in [0.15, 0.2) is 41.3 Å². The van der Waals surface area contributed by atoms with Gasteiger partial charge in [0.25, 0.3) is 5.69 Å². The maximum absolute atomic E-state index is 12.7. The molecular formula is C17H18N4O9. The standard InChI is InChI=1S/C17H18N4O9/c22-7-11-13(23)14(24)15(30-11)20(12-5-6-18-16(25)19-12)17(26)29-8-9-1-3-10(4-2-9)21(27)28/h1-6,11,13-15,22-24H,7-8H2,(H,18,19,25)/t11-,13-,14+,15-/m1/s1. The summed E-state index contributed by atoms with van der Waals surface area (Å²) in [7, 11) is 0. The summed E-state index contributed by atoms with van der Waals surface area (Å²) in [6.45, 7) is -0.908. The molecule has 0 saturated carbocycles. The summed E-state index contributed by atoms with van der Waals surface area (Å²) in [5.41, 5.74) is -0.479. The molecule has 0 aliphatic carbocycles. The van der Waals surface area contributed by atoms with Crippen molar-refractivity contribution in [3.63, 3.8) is 0 Å². The first-order chi connectivity index (χ1) is 14.3. The Kier molecular flexibility index (Phi) is 6.37. The van der Waals surface area contributed by atoms with Crippen molar-refractivity contribution in [3.05, 3.63) is 62.7 Å². The van der Waals surface area contributed by atoms with Crippen molar-refractivity contribution in [1.82, 2.24) is 9.97 Å². The Morgan fingerprint density at radius 2 is 1.97 bits per heavy atom. The molecule has 0 radical (unpaired) electrons. The van der Waals surface area contributed by atoms with E-state index in [9.17, 15) is 35.0 Å². The molecule has 30 heavy (non-hydrogen) atoms. The third-order valence-corrected chi connectivity index (χ3v) is 4.38. The minimum Gasteiger partial charge on any atom is -0.444 e. The van der Waals surface area contributed by atoms with Gasteiger partial charge in [-0.05, 0) is 23.8 Å². The van der Waals surface area contributed by atoms with Crippen molar-refractivity contribution >= 4 is 17.6 Å². The number of anilines is 1. The summed E-state index contributed by atoms with van der Waals surface area (Å²) in [6.07, 6.45) is -5.63. The van der Waals surface area contributed by atoms with E-state index < -0.39 is 47.9 Å². The van der Waals surface area contributed by atoms with E-state index in [4.69, 9.17) is 9.47 Å². The molecule has 1 aromatic carbocycles. The van der Waals surface area contributed by atoms with Crippen molar-refractivity contribution in [1.29, 1.82) is 0 Å². The van der Waals surface area contributed by atoms with Crippen LogP contribution in [0.2, 0.25) is 0 Å². The Hall–Kier alpha value is -3.39. The minimum absolute atomic E-state index is 0.133. The molecule has 4 N–H and O–H groups in total. The minimum atomic E-state index is -1.62. The second-order valence-electron chi connectivity index (χ2n) is 6.33. The van der Waals surface area contributed by atoms with Gasteiger partial charge in [0.05, 0.1) is 11.5 Å². The largest absolute Gasteiger partial charge is 0.444 e. The van der Waals surface area contributed by atoms with E-state index in [0.717, 1.165) is 4.90 Å². The number of aliphatic hydroxyl groups excluding tert-OH is 3. The summed E-state index contributed by atoms with van der Waals surface area (Å²) in [5.74, 6) is -0.220. The van der Waals surface area contributed by atoms with Crippen LogP contribution in [0.5, 0.6) is 0 Å². The number of hydrogen-bond acceptors (Lipinski definition) is 10. The molecule has 160 valence electrons. The third kappa shape index (κ3) is 4.44. The number of nitrogens with zero attached hydrogens (tertiary/aromatic N) is 3. The third-order valence-electron chi connectivity index (χ3n) is 4.38. The van der Waals surface area contributed by atoms with Gasteiger partial charge in [0.1, 0.15) is 30.7 Å². The number of carbonyl (C=O) groups is 1. The quantitative estimate of drug-likeness (QED) is 0.341. The van der Waals surface area contributed by atoms with Crippen molar-refractivity contribution < 1.29 is 34.5 Å². The highest BCUT2D eigenvalue weighted by atomic mass is 16.6. The maximum atomic E-state index is 12.7. The first-order valence-electron chi connectivity index (χ1n) is 8.69. The van der Waals surface area contributed by atoms with Gasteiger partial charge in [-0.3, -0.25) is 10.1 Å². The molecule has 2 aromatic rings. The number of non-ortho nitro benzene ring substituents is 1. The van der Waals surface area contributed by atoms with E-state index in [1.807, 2.05) is 0 Å². The number of nitro benzene ring substituents is 1. The number of H-pyrrole nitrogens is 1. The van der Waals surface area contributed by atoms with Crippen LogP contribution in [0.4, 0.5) is 16.3 Å². The SMILES string of the molecule is O=C(OCc1ccc([N+](=O)[O-])cc1)N(c1cc[nH]c(=O)n1)[C@@H]1O[C@H](CO)[C@@H](O)[C@@H]1O. The van der Waals surface area contributed by atoms with Crippen LogP contribution >= 0.6 is 0 Å². The Morgan fingerprint density at radius 3 is 2.53 bits per heavy atom. The van der Waals surface area contributed by atoms with E-state index in [-0.39, 0.29) is 18.1 Å². The molecule has 4 atom stereocenters. The van der Waals surface area contributed by atoms with Crippen LogP contribution in [-0.4, -0.2) is 67.5 Å². The molecule has 1 saturated heterocycles. The number of aromatic amines is 1. The summed E-state index contributed by atoms with van der Waals surface area (Å²) in [6, 6.07) is 6.53. The molecule has 1 aliphatic heterocycles. The van der Waals surface area contributed by atoms with Crippen LogP contribution < -0.4 is 10.6 Å². The molecule has 3 rings (SSSR count). The number of ether oxygens (including phenoxy) is 2. The van der Waals surface area contributed by atoms with Crippen LogP contribution in [0.25, 0.3) is 0 Å².